The van der Waals surface area contributed by atoms with E-state index in [1.54, 1.807) is 12.7 Å². The number of fused-ring (bicyclic) bond motifs is 6. The fraction of sp³-hybridized carbons (Fsp3) is 0.119. The smallest absolute Gasteiger partial charge is 0.461 e. The molecule has 2 aliphatic rings. The summed E-state index contributed by atoms with van der Waals surface area (Å²) >= 11 is 0. The molecule has 4 heterocycles. The summed E-state index contributed by atoms with van der Waals surface area (Å²) in [6.07, 6.45) is 14.2. The molecule has 0 bridgehead atoms. The molecule has 0 fully saturated rings. The van der Waals surface area contributed by atoms with Crippen LogP contribution in [-0.4, -0.2) is 56.0 Å². The fourth-order valence-electron chi connectivity index (χ4n) is 6.46. The van der Waals surface area contributed by atoms with Gasteiger partial charge in [0.15, 0.2) is 5.69 Å². The molecule has 256 valence electrons. The molecular formula is C42H30N7O4+. The van der Waals surface area contributed by atoms with Gasteiger partial charge < -0.3 is 9.47 Å². The zero-order valence-electron chi connectivity index (χ0n) is 28.3. The van der Waals surface area contributed by atoms with E-state index in [9.17, 15) is 9.59 Å². The highest BCUT2D eigenvalue weighted by Gasteiger charge is 2.32. The number of imidazole rings is 1. The molecule has 0 N–H and O–H groups in total. The Morgan fingerprint density at radius 2 is 1.42 bits per heavy atom. The van der Waals surface area contributed by atoms with Crippen molar-refractivity contribution in [2.24, 2.45) is 9.98 Å². The second kappa shape index (κ2) is 14.1. The molecule has 0 unspecified atom stereocenters. The molecule has 0 amide bonds. The number of nitrogens with zero attached hydrogens (tertiary/aromatic N) is 7. The Labute approximate surface area is 304 Å². The Morgan fingerprint density at radius 3 is 2.13 bits per heavy atom. The van der Waals surface area contributed by atoms with E-state index in [0.717, 1.165) is 45.1 Å². The molecule has 6 aromatic rings. The minimum absolute atomic E-state index is 0.000638. The first-order valence-corrected chi connectivity index (χ1v) is 16.9. The van der Waals surface area contributed by atoms with E-state index in [4.69, 9.17) is 32.3 Å². The monoisotopic (exact) mass is 696 g/mol. The summed E-state index contributed by atoms with van der Waals surface area (Å²) in [4.78, 5) is 40.7. The van der Waals surface area contributed by atoms with Crippen LogP contribution in [0, 0.1) is 24.7 Å². The van der Waals surface area contributed by atoms with Gasteiger partial charge in [-0.1, -0.05) is 72.5 Å². The lowest BCUT2D eigenvalue weighted by Crippen LogP contribution is -2.36. The molecular weight excluding hydrogens is 667 g/mol. The van der Waals surface area contributed by atoms with Crippen molar-refractivity contribution in [3.05, 3.63) is 160 Å². The predicted octanol–water partition coefficient (Wildman–Crippen LogP) is 5.24. The summed E-state index contributed by atoms with van der Waals surface area (Å²) in [5.41, 5.74) is 8.79. The Kier molecular flexibility index (Phi) is 8.73. The van der Waals surface area contributed by atoms with E-state index >= 15 is 0 Å². The quantitative estimate of drug-likeness (QED) is 0.0976. The zero-order valence-corrected chi connectivity index (χ0v) is 28.3. The Bertz CT molecular complexity index is 2370. The first kappa shape index (κ1) is 32.8. The molecule has 8 rings (SSSR count). The number of rotatable bonds is 7. The van der Waals surface area contributed by atoms with Crippen LogP contribution in [-0.2, 0) is 22.6 Å². The third-order valence-corrected chi connectivity index (χ3v) is 9.00. The second-order valence-electron chi connectivity index (χ2n) is 12.2. The summed E-state index contributed by atoms with van der Waals surface area (Å²) in [6, 6.07) is 30.9. The molecule has 2 aromatic heterocycles. The minimum atomic E-state index is -0.677. The van der Waals surface area contributed by atoms with Crippen molar-refractivity contribution in [3.63, 3.8) is 0 Å². The van der Waals surface area contributed by atoms with Crippen molar-refractivity contribution < 1.29 is 23.6 Å². The lowest BCUT2D eigenvalue weighted by atomic mass is 9.98. The normalized spacial score (nSPS) is 12.6. The van der Waals surface area contributed by atoms with Crippen LogP contribution in [0.25, 0.3) is 11.4 Å². The summed E-state index contributed by atoms with van der Waals surface area (Å²) < 4.78 is 16.0. The summed E-state index contributed by atoms with van der Waals surface area (Å²) in [5, 5.41) is 4.32. The third-order valence-electron chi connectivity index (χ3n) is 9.00. The summed E-state index contributed by atoms with van der Waals surface area (Å²) in [6.45, 7) is 0.354. The van der Waals surface area contributed by atoms with Gasteiger partial charge in [0.1, 0.15) is 18.6 Å². The van der Waals surface area contributed by atoms with Crippen LogP contribution in [0.2, 0.25) is 0 Å². The van der Waals surface area contributed by atoms with E-state index < -0.39 is 12.1 Å². The van der Waals surface area contributed by atoms with Gasteiger partial charge in [-0.25, -0.2) is 14.6 Å². The first-order valence-electron chi connectivity index (χ1n) is 16.9. The SMILES string of the molecule is C#Cc1ccc2c(c1)C(c1ccccc1)=NCc1c(C(=O)OCCCOC(=O)n3nc[n+]4c3CN=C(c3ccccc3)c3cc(C#C)ccc3-4)ncn1-2. The van der Waals surface area contributed by atoms with E-state index in [1.165, 1.54) is 4.68 Å². The standard InChI is InChI=1S/C42H30N7O4/c1-3-28-16-18-34-32(22-28)38(30-12-7-5-8-13-30)43-24-36-40(45-26-47(34)36)41(50)52-20-11-21-53-42(51)49-37-25-44-39(31-14-9-6-10-15-31)33-23-29(4-2)17-19-35(33)48(37)27-46-49/h1-2,5-10,12-19,22-23,26-27H,11,20-21,24-25H2/q+1. The van der Waals surface area contributed by atoms with Crippen molar-refractivity contribution in [2.75, 3.05) is 13.2 Å². The van der Waals surface area contributed by atoms with Gasteiger partial charge in [-0.15, -0.1) is 12.8 Å². The highest BCUT2D eigenvalue weighted by molar-refractivity contribution is 6.16. The lowest BCUT2D eigenvalue weighted by molar-refractivity contribution is -0.604. The van der Waals surface area contributed by atoms with Crippen molar-refractivity contribution >= 4 is 23.5 Å². The molecule has 4 aromatic carbocycles. The number of ether oxygens (including phenoxy) is 2. The van der Waals surface area contributed by atoms with Gasteiger partial charge in [-0.2, -0.15) is 4.57 Å². The van der Waals surface area contributed by atoms with Gasteiger partial charge >= 0.3 is 12.1 Å². The van der Waals surface area contributed by atoms with Crippen LogP contribution in [0.4, 0.5) is 4.79 Å². The number of benzene rings is 4. The van der Waals surface area contributed by atoms with Gasteiger partial charge in [0, 0.05) is 44.9 Å². The number of esters is 1. The topological polar surface area (TPSA) is 117 Å². The van der Waals surface area contributed by atoms with Gasteiger partial charge in [0.25, 0.3) is 12.2 Å². The second-order valence-corrected chi connectivity index (χ2v) is 12.2. The molecule has 53 heavy (non-hydrogen) atoms. The van der Waals surface area contributed by atoms with Crippen LogP contribution in [0.5, 0.6) is 0 Å². The number of aromatic nitrogens is 5. The van der Waals surface area contributed by atoms with E-state index in [0.29, 0.717) is 22.6 Å². The van der Waals surface area contributed by atoms with Crippen molar-refractivity contribution in [1.29, 1.82) is 0 Å². The van der Waals surface area contributed by atoms with Crippen LogP contribution in [0.15, 0.2) is 120 Å². The molecule has 0 radical (unpaired) electrons. The lowest BCUT2D eigenvalue weighted by Gasteiger charge is -2.12. The first-order chi connectivity index (χ1) is 26.0. The van der Waals surface area contributed by atoms with E-state index in [-0.39, 0.29) is 38.4 Å². The molecule has 2 aliphatic heterocycles. The van der Waals surface area contributed by atoms with E-state index in [2.05, 4.69) is 21.9 Å². The maximum Gasteiger partial charge on any atom is 0.513 e. The van der Waals surface area contributed by atoms with Crippen LogP contribution < -0.4 is 4.57 Å². The van der Waals surface area contributed by atoms with E-state index in [1.807, 2.05) is 106 Å². The minimum Gasteiger partial charge on any atom is -0.461 e. The predicted molar refractivity (Wildman–Crippen MR) is 196 cm³/mol. The van der Waals surface area contributed by atoms with Gasteiger partial charge in [-0.05, 0) is 41.1 Å². The molecule has 0 atom stereocenters. The number of aliphatic imine (C=N–C) groups is 2. The van der Waals surface area contributed by atoms with Crippen molar-refractivity contribution in [2.45, 2.75) is 19.5 Å². The number of terminal acetylenes is 2. The summed E-state index contributed by atoms with van der Waals surface area (Å²) in [7, 11) is 0. The van der Waals surface area contributed by atoms with Crippen LogP contribution in [0.3, 0.4) is 0 Å². The summed E-state index contributed by atoms with van der Waals surface area (Å²) in [5.74, 6) is 5.30. The molecule has 0 spiro atoms. The van der Waals surface area contributed by atoms with Gasteiger partial charge in [-0.3, -0.25) is 14.6 Å². The highest BCUT2D eigenvalue weighted by atomic mass is 16.6. The molecule has 0 saturated carbocycles. The number of carbonyl (C=O) groups is 2. The fourth-order valence-corrected chi connectivity index (χ4v) is 6.46. The van der Waals surface area contributed by atoms with Crippen LogP contribution in [0.1, 0.15) is 61.8 Å². The Hall–Kier alpha value is -7.37. The average molecular weight is 697 g/mol. The number of carbonyl (C=O) groups excluding carboxylic acids is 2. The van der Waals surface area contributed by atoms with Crippen LogP contribution >= 0.6 is 0 Å². The Morgan fingerprint density at radius 1 is 0.774 bits per heavy atom. The average Bonchev–Trinajstić information content (AvgIpc) is 3.74. The molecule has 11 nitrogen and oxygen atoms in total. The highest BCUT2D eigenvalue weighted by Crippen LogP contribution is 2.28. The number of hydrogen-bond acceptors (Lipinski definition) is 8. The maximum atomic E-state index is 13.3. The molecule has 0 aliphatic carbocycles. The Balaban J connectivity index is 0.943. The molecule has 0 saturated heterocycles. The maximum absolute atomic E-state index is 13.3. The van der Waals surface area contributed by atoms with Gasteiger partial charge in [0.2, 0.25) is 0 Å². The van der Waals surface area contributed by atoms with Crippen molar-refractivity contribution in [1.82, 2.24) is 19.3 Å². The zero-order chi connectivity index (χ0) is 36.3. The van der Waals surface area contributed by atoms with Crippen molar-refractivity contribution in [3.8, 4) is 36.1 Å². The number of hydrogen-bond donors (Lipinski definition) is 0. The van der Waals surface area contributed by atoms with Gasteiger partial charge in [0.05, 0.1) is 42.6 Å². The molecule has 11 heteroatoms. The largest absolute Gasteiger partial charge is 0.513 e. The third kappa shape index (κ3) is 6.17.